The van der Waals surface area contributed by atoms with E-state index in [1.54, 1.807) is 4.90 Å². The van der Waals surface area contributed by atoms with E-state index in [-0.39, 0.29) is 25.2 Å². The van der Waals surface area contributed by atoms with E-state index in [1.165, 1.54) is 0 Å². The second-order valence-electron chi connectivity index (χ2n) is 9.13. The lowest BCUT2D eigenvalue weighted by Crippen LogP contribution is -2.42. The summed E-state index contributed by atoms with van der Waals surface area (Å²) in [5.41, 5.74) is 3.08. The summed E-state index contributed by atoms with van der Waals surface area (Å²) in [6.07, 6.45) is 1.57. The number of hydrogen-bond acceptors (Lipinski definition) is 6. The third kappa shape index (κ3) is 4.19. The minimum Gasteiger partial charge on any atom is -0.483 e. The summed E-state index contributed by atoms with van der Waals surface area (Å²) in [4.78, 5) is 30.0. The van der Waals surface area contributed by atoms with Gasteiger partial charge in [-0.05, 0) is 48.7 Å². The van der Waals surface area contributed by atoms with Crippen LogP contribution in [-0.2, 0) is 11.3 Å². The maximum Gasteiger partial charge on any atom is 0.260 e. The molecule has 3 aromatic carbocycles. The van der Waals surface area contributed by atoms with Gasteiger partial charge >= 0.3 is 0 Å². The van der Waals surface area contributed by atoms with E-state index in [9.17, 15) is 9.59 Å². The fourth-order valence-corrected chi connectivity index (χ4v) is 4.97. The average Bonchev–Trinajstić information content (AvgIpc) is 3.61. The number of fused-ring (bicyclic) bond motifs is 2. The highest BCUT2D eigenvalue weighted by molar-refractivity contribution is 6.01. The molecule has 3 aromatic rings. The molecule has 0 bridgehead atoms. The summed E-state index contributed by atoms with van der Waals surface area (Å²) >= 11 is 0. The van der Waals surface area contributed by atoms with Crippen molar-refractivity contribution in [2.24, 2.45) is 0 Å². The molecular weight excluding hydrogens is 458 g/mol. The van der Waals surface area contributed by atoms with Crippen molar-refractivity contribution in [3.8, 4) is 17.2 Å². The maximum absolute atomic E-state index is 13.7. The largest absolute Gasteiger partial charge is 0.483 e. The highest BCUT2D eigenvalue weighted by atomic mass is 16.7. The van der Waals surface area contributed by atoms with Gasteiger partial charge in [-0.3, -0.25) is 9.59 Å². The highest BCUT2D eigenvalue weighted by Crippen LogP contribution is 2.39. The van der Waals surface area contributed by atoms with Crippen LogP contribution in [0.5, 0.6) is 17.2 Å². The average molecular weight is 486 g/mol. The molecule has 1 N–H and O–H groups in total. The number of nitrogens with zero attached hydrogens (tertiary/aromatic N) is 2. The van der Waals surface area contributed by atoms with Gasteiger partial charge in [-0.25, -0.2) is 0 Å². The molecule has 2 amide bonds. The smallest absolute Gasteiger partial charge is 0.260 e. The van der Waals surface area contributed by atoms with E-state index in [0.717, 1.165) is 42.7 Å². The van der Waals surface area contributed by atoms with Gasteiger partial charge in [0.2, 0.25) is 6.79 Å². The number of likely N-dealkylation sites (tertiary alicyclic amines) is 1. The Balaban J connectivity index is 1.31. The third-order valence-corrected chi connectivity index (χ3v) is 6.84. The van der Waals surface area contributed by atoms with Crippen LogP contribution in [0.4, 0.5) is 5.69 Å². The van der Waals surface area contributed by atoms with Crippen molar-refractivity contribution >= 4 is 17.5 Å². The molecule has 8 heteroatoms. The van der Waals surface area contributed by atoms with Gasteiger partial charge in [0, 0.05) is 30.9 Å². The molecule has 0 aliphatic carbocycles. The van der Waals surface area contributed by atoms with Crippen LogP contribution in [0.1, 0.15) is 40.5 Å². The molecule has 184 valence electrons. The lowest BCUT2D eigenvalue weighted by molar-refractivity contribution is -0.132. The van der Waals surface area contributed by atoms with Crippen molar-refractivity contribution in [2.45, 2.75) is 25.6 Å². The zero-order valence-electron chi connectivity index (χ0n) is 19.8. The van der Waals surface area contributed by atoms with Crippen LogP contribution < -0.4 is 19.5 Å². The normalized spacial score (nSPS) is 18.1. The summed E-state index contributed by atoms with van der Waals surface area (Å²) in [5, 5.41) is 3.52. The van der Waals surface area contributed by atoms with Crippen LogP contribution in [-0.4, -0.2) is 48.1 Å². The monoisotopic (exact) mass is 485 g/mol. The van der Waals surface area contributed by atoms with Crippen molar-refractivity contribution in [3.05, 3.63) is 83.4 Å². The highest BCUT2D eigenvalue weighted by Gasteiger charge is 2.35. The van der Waals surface area contributed by atoms with Gasteiger partial charge in [0.1, 0.15) is 11.9 Å². The van der Waals surface area contributed by atoms with Gasteiger partial charge in [-0.15, -0.1) is 0 Å². The molecule has 0 spiro atoms. The Morgan fingerprint density at radius 3 is 2.64 bits per heavy atom. The van der Waals surface area contributed by atoms with Crippen molar-refractivity contribution in [2.75, 3.05) is 31.8 Å². The number of amides is 2. The van der Waals surface area contributed by atoms with E-state index >= 15 is 0 Å². The molecule has 36 heavy (non-hydrogen) atoms. The first kappa shape index (κ1) is 22.3. The number of ether oxygens (including phenoxy) is 3. The van der Waals surface area contributed by atoms with Crippen LogP contribution in [0.25, 0.3) is 0 Å². The van der Waals surface area contributed by atoms with Crippen molar-refractivity contribution < 1.29 is 23.8 Å². The molecule has 3 aliphatic rings. The Morgan fingerprint density at radius 2 is 1.75 bits per heavy atom. The lowest BCUT2D eigenvalue weighted by Gasteiger charge is -2.38. The molecule has 1 fully saturated rings. The molecule has 6 rings (SSSR count). The van der Waals surface area contributed by atoms with Crippen molar-refractivity contribution in [1.82, 2.24) is 9.80 Å². The van der Waals surface area contributed by atoms with E-state index in [1.807, 2.05) is 71.6 Å². The SMILES string of the molecule is O=C(COc1ccccc1C1Nc2ccccc2C(=O)N1Cc1ccc2c(c1)OCO2)N1CCCC1. The number of nitrogens with one attached hydrogen (secondary N) is 1. The van der Waals surface area contributed by atoms with Gasteiger partial charge in [-0.1, -0.05) is 36.4 Å². The van der Waals surface area contributed by atoms with Crippen LogP contribution in [0, 0.1) is 0 Å². The molecule has 8 nitrogen and oxygen atoms in total. The Morgan fingerprint density at radius 1 is 0.972 bits per heavy atom. The summed E-state index contributed by atoms with van der Waals surface area (Å²) in [6.45, 7) is 2.07. The number of hydrogen-bond donors (Lipinski definition) is 1. The number of rotatable bonds is 6. The number of benzene rings is 3. The first-order valence-electron chi connectivity index (χ1n) is 12.2. The van der Waals surface area contributed by atoms with Crippen LogP contribution in [0.15, 0.2) is 66.7 Å². The molecule has 1 saturated heterocycles. The van der Waals surface area contributed by atoms with Crippen LogP contribution in [0.2, 0.25) is 0 Å². The standard InChI is InChI=1S/C28H27N3O5/c32-26(30-13-5-6-14-30)17-34-23-10-4-2-8-21(23)27-29-22-9-3-1-7-20(22)28(33)31(27)16-19-11-12-24-25(15-19)36-18-35-24/h1-4,7-12,15,27,29H,5-6,13-14,16-18H2. The second-order valence-corrected chi connectivity index (χ2v) is 9.13. The first-order valence-corrected chi connectivity index (χ1v) is 12.2. The van der Waals surface area contributed by atoms with Gasteiger partial charge in [-0.2, -0.15) is 0 Å². The second kappa shape index (κ2) is 9.45. The van der Waals surface area contributed by atoms with Gasteiger partial charge in [0.25, 0.3) is 11.8 Å². The van der Waals surface area contributed by atoms with Gasteiger partial charge in [0.05, 0.1) is 5.56 Å². The summed E-state index contributed by atoms with van der Waals surface area (Å²) in [5.74, 6) is 1.84. The predicted octanol–water partition coefficient (Wildman–Crippen LogP) is 4.18. The van der Waals surface area contributed by atoms with Crippen molar-refractivity contribution in [1.29, 1.82) is 0 Å². The molecule has 0 aromatic heterocycles. The fraction of sp³-hybridized carbons (Fsp3) is 0.286. The molecule has 1 atom stereocenters. The lowest BCUT2D eigenvalue weighted by atomic mass is 10.0. The summed E-state index contributed by atoms with van der Waals surface area (Å²) < 4.78 is 17.0. The predicted molar refractivity (Wildman–Crippen MR) is 133 cm³/mol. The minimum absolute atomic E-state index is 0.0162. The molecule has 3 aliphatic heterocycles. The summed E-state index contributed by atoms with van der Waals surface area (Å²) in [6, 6.07) is 20.8. The number of carbonyl (C=O) groups is 2. The minimum atomic E-state index is -0.490. The topological polar surface area (TPSA) is 80.3 Å². The van der Waals surface area contributed by atoms with E-state index in [0.29, 0.717) is 29.4 Å². The molecule has 0 saturated carbocycles. The number of para-hydroxylation sites is 2. The molecule has 3 heterocycles. The van der Waals surface area contributed by atoms with Gasteiger partial charge in [0.15, 0.2) is 18.1 Å². The Kier molecular flexibility index (Phi) is 5.85. The number of carbonyl (C=O) groups excluding carboxylic acids is 2. The van der Waals surface area contributed by atoms with E-state index < -0.39 is 6.17 Å². The molecule has 0 radical (unpaired) electrons. The zero-order chi connectivity index (χ0) is 24.5. The quantitative estimate of drug-likeness (QED) is 0.564. The van der Waals surface area contributed by atoms with Crippen molar-refractivity contribution in [3.63, 3.8) is 0 Å². The Labute approximate surface area is 209 Å². The summed E-state index contributed by atoms with van der Waals surface area (Å²) in [7, 11) is 0. The third-order valence-electron chi connectivity index (χ3n) is 6.84. The fourth-order valence-electron chi connectivity index (χ4n) is 4.97. The van der Waals surface area contributed by atoms with Crippen LogP contribution >= 0.6 is 0 Å². The van der Waals surface area contributed by atoms with Gasteiger partial charge < -0.3 is 29.3 Å². The Hall–Kier alpha value is -4.20. The molecular formula is C28H27N3O5. The zero-order valence-corrected chi connectivity index (χ0v) is 19.8. The van der Waals surface area contributed by atoms with Crippen LogP contribution in [0.3, 0.4) is 0 Å². The molecule has 1 unspecified atom stereocenters. The number of anilines is 1. The maximum atomic E-state index is 13.7. The Bertz CT molecular complexity index is 1300. The van der Waals surface area contributed by atoms with E-state index in [2.05, 4.69) is 5.32 Å². The first-order chi connectivity index (χ1) is 17.7. The van der Waals surface area contributed by atoms with E-state index in [4.69, 9.17) is 14.2 Å².